The number of hydrogen-bond donors (Lipinski definition) is 1. The van der Waals surface area contributed by atoms with Crippen molar-refractivity contribution in [2.24, 2.45) is 0 Å². The zero-order chi connectivity index (χ0) is 13.1. The number of halogens is 3. The van der Waals surface area contributed by atoms with Crippen LogP contribution in [-0.2, 0) is 11.0 Å². The van der Waals surface area contributed by atoms with Gasteiger partial charge in [-0.1, -0.05) is 24.8 Å². The minimum Gasteiger partial charge on any atom is -0.478 e. The van der Waals surface area contributed by atoms with Gasteiger partial charge in [0.15, 0.2) is 0 Å². The maximum atomic E-state index is 12.3. The Hall–Kier alpha value is -2.04. The highest BCUT2D eigenvalue weighted by molar-refractivity contribution is 6.15. The lowest BCUT2D eigenvalue weighted by molar-refractivity contribution is -0.137. The number of hydrogen-bond acceptors (Lipinski definition) is 1. The molecule has 90 valence electrons. The smallest absolute Gasteiger partial charge is 0.416 e. The number of carboxylic acid groups (broad SMARTS) is 1. The molecule has 0 unspecified atom stereocenters. The second kappa shape index (κ2) is 4.86. The van der Waals surface area contributed by atoms with E-state index in [0.29, 0.717) is 0 Å². The minimum absolute atomic E-state index is 0.103. The molecule has 0 aliphatic heterocycles. The first-order chi connectivity index (χ1) is 7.86. The Morgan fingerprint density at radius 3 is 2.12 bits per heavy atom. The molecule has 0 aliphatic carbocycles. The SMILES string of the molecule is C=C/C=C(/C(=O)O)c1ccc(C(F)(F)F)cc1. The monoisotopic (exact) mass is 242 g/mol. The number of rotatable bonds is 3. The molecule has 1 rings (SSSR count). The van der Waals surface area contributed by atoms with Gasteiger partial charge in [0.1, 0.15) is 0 Å². The van der Waals surface area contributed by atoms with Crippen molar-refractivity contribution in [1.29, 1.82) is 0 Å². The number of alkyl halides is 3. The van der Waals surface area contributed by atoms with E-state index >= 15 is 0 Å². The van der Waals surface area contributed by atoms with Gasteiger partial charge in [0.05, 0.1) is 11.1 Å². The Labute approximate surface area is 95.7 Å². The lowest BCUT2D eigenvalue weighted by Gasteiger charge is -2.07. The Balaban J connectivity index is 3.14. The van der Waals surface area contributed by atoms with Crippen molar-refractivity contribution in [3.05, 3.63) is 54.1 Å². The first kappa shape index (κ1) is 13.0. The summed E-state index contributed by atoms with van der Waals surface area (Å²) in [4.78, 5) is 10.8. The molecule has 2 nitrogen and oxygen atoms in total. The molecular formula is C12H9F3O2. The van der Waals surface area contributed by atoms with Crippen molar-refractivity contribution in [3.8, 4) is 0 Å². The summed E-state index contributed by atoms with van der Waals surface area (Å²) >= 11 is 0. The molecule has 17 heavy (non-hydrogen) atoms. The lowest BCUT2D eigenvalue weighted by Crippen LogP contribution is -2.05. The summed E-state index contributed by atoms with van der Waals surface area (Å²) < 4.78 is 36.8. The fourth-order valence-corrected chi connectivity index (χ4v) is 1.25. The van der Waals surface area contributed by atoms with Gasteiger partial charge in [-0.3, -0.25) is 0 Å². The van der Waals surface area contributed by atoms with Crippen molar-refractivity contribution in [2.45, 2.75) is 6.18 Å². The van der Waals surface area contributed by atoms with Gasteiger partial charge in [0.2, 0.25) is 0 Å². The van der Waals surface area contributed by atoms with Gasteiger partial charge >= 0.3 is 12.1 Å². The molecule has 0 aromatic heterocycles. The quantitative estimate of drug-likeness (QED) is 0.651. The zero-order valence-corrected chi connectivity index (χ0v) is 8.66. The third-order valence-electron chi connectivity index (χ3n) is 2.04. The van der Waals surface area contributed by atoms with Crippen LogP contribution < -0.4 is 0 Å². The number of carboxylic acids is 1. The van der Waals surface area contributed by atoms with Crippen molar-refractivity contribution < 1.29 is 23.1 Å². The second-order valence-corrected chi connectivity index (χ2v) is 3.20. The predicted octanol–water partition coefficient (Wildman–Crippen LogP) is 3.36. The first-order valence-electron chi connectivity index (χ1n) is 4.60. The third-order valence-corrected chi connectivity index (χ3v) is 2.04. The van der Waals surface area contributed by atoms with E-state index in [-0.39, 0.29) is 11.1 Å². The molecule has 0 spiro atoms. The summed E-state index contributed by atoms with van der Waals surface area (Å²) in [5.74, 6) is -1.22. The van der Waals surface area contributed by atoms with Crippen molar-refractivity contribution in [3.63, 3.8) is 0 Å². The molecule has 0 amide bonds. The van der Waals surface area contributed by atoms with E-state index in [1.807, 2.05) is 0 Å². The topological polar surface area (TPSA) is 37.3 Å². The van der Waals surface area contributed by atoms with Gasteiger partial charge in [-0.15, -0.1) is 0 Å². The molecule has 0 radical (unpaired) electrons. The molecule has 0 heterocycles. The molecule has 0 aliphatic rings. The molecule has 1 N–H and O–H groups in total. The highest BCUT2D eigenvalue weighted by atomic mass is 19.4. The molecule has 5 heteroatoms. The number of aliphatic carboxylic acids is 1. The number of carbonyl (C=O) groups is 1. The van der Waals surface area contributed by atoms with Crippen LogP contribution in [0.3, 0.4) is 0 Å². The van der Waals surface area contributed by atoms with Crippen LogP contribution in [0.4, 0.5) is 13.2 Å². The normalized spacial score (nSPS) is 12.3. The first-order valence-corrected chi connectivity index (χ1v) is 4.60. The summed E-state index contributed by atoms with van der Waals surface area (Å²) in [6.45, 7) is 3.35. The van der Waals surface area contributed by atoms with Gasteiger partial charge < -0.3 is 5.11 Å². The van der Waals surface area contributed by atoms with Gasteiger partial charge in [0, 0.05) is 0 Å². The van der Waals surface area contributed by atoms with E-state index in [2.05, 4.69) is 6.58 Å². The Morgan fingerprint density at radius 2 is 1.76 bits per heavy atom. The summed E-state index contributed by atoms with van der Waals surface area (Å²) in [7, 11) is 0. The molecule has 0 saturated heterocycles. The van der Waals surface area contributed by atoms with Gasteiger partial charge in [-0.25, -0.2) is 4.79 Å². The van der Waals surface area contributed by atoms with E-state index < -0.39 is 17.7 Å². The maximum absolute atomic E-state index is 12.3. The molecule has 1 aromatic rings. The molecule has 1 aromatic carbocycles. The van der Waals surface area contributed by atoms with E-state index in [4.69, 9.17) is 5.11 Å². The number of benzene rings is 1. The summed E-state index contributed by atoms with van der Waals surface area (Å²) in [5.41, 5.74) is -0.719. The van der Waals surface area contributed by atoms with Crippen LogP contribution in [0.25, 0.3) is 5.57 Å². The van der Waals surface area contributed by atoms with Crippen LogP contribution in [-0.4, -0.2) is 11.1 Å². The van der Waals surface area contributed by atoms with Crippen LogP contribution >= 0.6 is 0 Å². The molecule has 0 saturated carbocycles. The highest BCUT2D eigenvalue weighted by Gasteiger charge is 2.30. The third kappa shape index (κ3) is 3.21. The molecule has 0 bridgehead atoms. The van der Waals surface area contributed by atoms with Gasteiger partial charge in [-0.05, 0) is 23.8 Å². The van der Waals surface area contributed by atoms with Gasteiger partial charge in [-0.2, -0.15) is 13.2 Å². The van der Waals surface area contributed by atoms with Crippen LogP contribution in [0.2, 0.25) is 0 Å². The summed E-state index contributed by atoms with van der Waals surface area (Å²) in [6, 6.07) is 3.92. The van der Waals surface area contributed by atoms with E-state index in [1.54, 1.807) is 0 Å². The van der Waals surface area contributed by atoms with Crippen molar-refractivity contribution in [2.75, 3.05) is 0 Å². The van der Waals surface area contributed by atoms with Crippen LogP contribution in [0.15, 0.2) is 43.0 Å². The van der Waals surface area contributed by atoms with Crippen LogP contribution in [0.1, 0.15) is 11.1 Å². The van der Waals surface area contributed by atoms with E-state index in [0.717, 1.165) is 24.3 Å². The zero-order valence-electron chi connectivity index (χ0n) is 8.66. The minimum atomic E-state index is -4.43. The molecule has 0 atom stereocenters. The standard InChI is InChI=1S/C12H9F3O2/c1-2-3-10(11(16)17)8-4-6-9(7-5-8)12(13,14)15/h2-7H,1H2,(H,16,17)/b10-3+. The maximum Gasteiger partial charge on any atom is 0.416 e. The van der Waals surface area contributed by atoms with Gasteiger partial charge in [0.25, 0.3) is 0 Å². The largest absolute Gasteiger partial charge is 0.478 e. The average molecular weight is 242 g/mol. The fraction of sp³-hybridized carbons (Fsp3) is 0.0833. The molecule has 0 fully saturated rings. The second-order valence-electron chi connectivity index (χ2n) is 3.20. The Kier molecular flexibility index (Phi) is 3.73. The highest BCUT2D eigenvalue weighted by Crippen LogP contribution is 2.30. The van der Waals surface area contributed by atoms with Crippen LogP contribution in [0, 0.1) is 0 Å². The lowest BCUT2D eigenvalue weighted by atomic mass is 10.0. The summed E-state index contributed by atoms with van der Waals surface area (Å²) in [5, 5.41) is 8.85. The summed E-state index contributed by atoms with van der Waals surface area (Å²) in [6.07, 6.45) is -1.93. The Bertz CT molecular complexity index is 456. The number of allylic oxidation sites excluding steroid dienone is 2. The predicted molar refractivity (Wildman–Crippen MR) is 57.3 cm³/mol. The average Bonchev–Trinajstić information content (AvgIpc) is 2.24. The van der Waals surface area contributed by atoms with E-state index in [1.165, 1.54) is 12.2 Å². The van der Waals surface area contributed by atoms with Crippen molar-refractivity contribution >= 4 is 11.5 Å². The van der Waals surface area contributed by atoms with E-state index in [9.17, 15) is 18.0 Å². The molecular weight excluding hydrogens is 233 g/mol. The van der Waals surface area contributed by atoms with Crippen molar-refractivity contribution in [1.82, 2.24) is 0 Å². The fourth-order valence-electron chi connectivity index (χ4n) is 1.25. The van der Waals surface area contributed by atoms with Crippen LogP contribution in [0.5, 0.6) is 0 Å². The Morgan fingerprint density at radius 1 is 1.24 bits per heavy atom.